The zero-order valence-electron chi connectivity index (χ0n) is 14.8. The van der Waals surface area contributed by atoms with Crippen molar-refractivity contribution in [1.29, 1.82) is 0 Å². The molecule has 132 valence electrons. The molecule has 0 aliphatic carbocycles. The van der Waals surface area contributed by atoms with E-state index in [1.165, 1.54) is 22.3 Å². The smallest absolute Gasteiger partial charge is 0.255 e. The Morgan fingerprint density at radius 2 is 2.12 bits per heavy atom. The monoisotopic (exact) mass is 346 g/mol. The summed E-state index contributed by atoms with van der Waals surface area (Å²) in [5, 5.41) is 10.7. The maximum atomic E-state index is 12.6. The Morgan fingerprint density at radius 3 is 3.00 bits per heavy atom. The molecule has 3 aromatic rings. The molecule has 0 saturated carbocycles. The van der Waals surface area contributed by atoms with Crippen molar-refractivity contribution < 1.29 is 4.79 Å². The predicted octanol–water partition coefficient (Wildman–Crippen LogP) is 3.14. The minimum atomic E-state index is -0.0956. The fourth-order valence-electron chi connectivity index (χ4n) is 3.30. The lowest BCUT2D eigenvalue weighted by atomic mass is 9.98. The standard InChI is InChI=1S/C21H22N4O/c1-15-4-2-3-5-19(15)13-25-14-20(12-23-25)24-21(26)17-6-7-18-11-22-9-8-16(18)10-17/h2-7,10,12,14,22H,8-9,11,13H2,1H3,(H,24,26). The number of amides is 1. The lowest BCUT2D eigenvalue weighted by Gasteiger charge is -2.17. The highest BCUT2D eigenvalue weighted by molar-refractivity contribution is 6.04. The molecule has 0 unspecified atom stereocenters. The zero-order valence-corrected chi connectivity index (χ0v) is 14.8. The Morgan fingerprint density at radius 1 is 1.23 bits per heavy atom. The zero-order chi connectivity index (χ0) is 17.9. The average Bonchev–Trinajstić information content (AvgIpc) is 3.10. The molecule has 0 bridgehead atoms. The summed E-state index contributed by atoms with van der Waals surface area (Å²) >= 11 is 0. The van der Waals surface area contributed by atoms with Crippen molar-refractivity contribution in [1.82, 2.24) is 15.1 Å². The van der Waals surface area contributed by atoms with Gasteiger partial charge < -0.3 is 10.6 Å². The van der Waals surface area contributed by atoms with Crippen molar-refractivity contribution in [2.45, 2.75) is 26.4 Å². The summed E-state index contributed by atoms with van der Waals surface area (Å²) in [6.07, 6.45) is 4.52. The van der Waals surface area contributed by atoms with Crippen LogP contribution in [0, 0.1) is 6.92 Å². The van der Waals surface area contributed by atoms with Crippen LogP contribution in [0.2, 0.25) is 0 Å². The van der Waals surface area contributed by atoms with Crippen LogP contribution in [0.4, 0.5) is 5.69 Å². The van der Waals surface area contributed by atoms with E-state index in [9.17, 15) is 4.79 Å². The molecule has 0 spiro atoms. The van der Waals surface area contributed by atoms with E-state index in [4.69, 9.17) is 0 Å². The third-order valence-electron chi connectivity index (χ3n) is 4.84. The van der Waals surface area contributed by atoms with Gasteiger partial charge in [0.15, 0.2) is 0 Å². The SMILES string of the molecule is Cc1ccccc1Cn1cc(NC(=O)c2ccc3c(c2)CCNC3)cn1. The topological polar surface area (TPSA) is 59.0 Å². The first-order valence-corrected chi connectivity index (χ1v) is 8.90. The van der Waals surface area contributed by atoms with Gasteiger partial charge in [-0.15, -0.1) is 0 Å². The van der Waals surface area contributed by atoms with Crippen LogP contribution in [0.3, 0.4) is 0 Å². The quantitative estimate of drug-likeness (QED) is 0.763. The molecule has 5 heteroatoms. The second-order valence-electron chi connectivity index (χ2n) is 6.72. The number of carbonyl (C=O) groups excluding carboxylic acids is 1. The van der Waals surface area contributed by atoms with Gasteiger partial charge in [-0.25, -0.2) is 0 Å². The van der Waals surface area contributed by atoms with Crippen LogP contribution < -0.4 is 10.6 Å². The fraction of sp³-hybridized carbons (Fsp3) is 0.238. The molecule has 2 N–H and O–H groups in total. The number of nitrogens with zero attached hydrogens (tertiary/aromatic N) is 2. The van der Waals surface area contributed by atoms with Crippen molar-refractivity contribution in [2.24, 2.45) is 0 Å². The number of fused-ring (bicyclic) bond motifs is 1. The predicted molar refractivity (Wildman–Crippen MR) is 102 cm³/mol. The third-order valence-corrected chi connectivity index (χ3v) is 4.84. The molecular weight excluding hydrogens is 324 g/mol. The van der Waals surface area contributed by atoms with E-state index in [0.29, 0.717) is 17.8 Å². The number of benzene rings is 2. The van der Waals surface area contributed by atoms with Gasteiger partial charge in [0.2, 0.25) is 0 Å². The molecule has 1 aliphatic rings. The van der Waals surface area contributed by atoms with Crippen molar-refractivity contribution in [3.8, 4) is 0 Å². The average molecular weight is 346 g/mol. The van der Waals surface area contributed by atoms with E-state index in [1.807, 2.05) is 41.2 Å². The van der Waals surface area contributed by atoms with Crippen LogP contribution in [0.15, 0.2) is 54.9 Å². The van der Waals surface area contributed by atoms with Crippen molar-refractivity contribution in [3.05, 3.63) is 82.7 Å². The maximum Gasteiger partial charge on any atom is 0.255 e. The molecule has 0 radical (unpaired) electrons. The number of rotatable bonds is 4. The lowest BCUT2D eigenvalue weighted by molar-refractivity contribution is 0.102. The summed E-state index contributed by atoms with van der Waals surface area (Å²) in [5.41, 5.74) is 6.39. The highest BCUT2D eigenvalue weighted by atomic mass is 16.1. The number of anilines is 1. The van der Waals surface area contributed by atoms with Crippen LogP contribution in [0.5, 0.6) is 0 Å². The van der Waals surface area contributed by atoms with E-state index in [-0.39, 0.29) is 5.91 Å². The van der Waals surface area contributed by atoms with E-state index in [0.717, 1.165) is 19.5 Å². The molecule has 0 saturated heterocycles. The van der Waals surface area contributed by atoms with E-state index in [1.54, 1.807) is 6.20 Å². The molecule has 26 heavy (non-hydrogen) atoms. The Balaban J connectivity index is 1.45. The van der Waals surface area contributed by atoms with Gasteiger partial charge >= 0.3 is 0 Å². The van der Waals surface area contributed by atoms with Gasteiger partial charge in [0.1, 0.15) is 0 Å². The number of aryl methyl sites for hydroxylation is 1. The lowest BCUT2D eigenvalue weighted by Crippen LogP contribution is -2.24. The van der Waals surface area contributed by atoms with Crippen LogP contribution in [-0.4, -0.2) is 22.2 Å². The van der Waals surface area contributed by atoms with Crippen molar-refractivity contribution in [3.63, 3.8) is 0 Å². The first kappa shape index (κ1) is 16.5. The molecule has 1 aromatic heterocycles. The largest absolute Gasteiger partial charge is 0.319 e. The summed E-state index contributed by atoms with van der Waals surface area (Å²) in [4.78, 5) is 12.6. The van der Waals surface area contributed by atoms with Crippen molar-refractivity contribution in [2.75, 3.05) is 11.9 Å². The van der Waals surface area contributed by atoms with Crippen molar-refractivity contribution >= 4 is 11.6 Å². The highest BCUT2D eigenvalue weighted by Gasteiger charge is 2.13. The van der Waals surface area contributed by atoms with Gasteiger partial charge in [-0.1, -0.05) is 30.3 Å². The molecule has 1 aliphatic heterocycles. The summed E-state index contributed by atoms with van der Waals surface area (Å²) in [6.45, 7) is 4.62. The van der Waals surface area contributed by atoms with Gasteiger partial charge in [-0.2, -0.15) is 5.10 Å². The Labute approximate surface area is 153 Å². The Kier molecular flexibility index (Phi) is 4.54. The first-order valence-electron chi connectivity index (χ1n) is 8.90. The number of carbonyl (C=O) groups is 1. The maximum absolute atomic E-state index is 12.6. The Hall–Kier alpha value is -2.92. The number of hydrogen-bond donors (Lipinski definition) is 2. The van der Waals surface area contributed by atoms with Gasteiger partial charge in [-0.3, -0.25) is 9.48 Å². The Bertz CT molecular complexity index is 945. The van der Waals surface area contributed by atoms with Gasteiger partial charge in [0.05, 0.1) is 18.4 Å². The van der Waals surface area contributed by atoms with Gasteiger partial charge in [0, 0.05) is 18.3 Å². The summed E-state index contributed by atoms with van der Waals surface area (Å²) < 4.78 is 1.84. The van der Waals surface area contributed by atoms with Gasteiger partial charge in [0.25, 0.3) is 5.91 Å². The van der Waals surface area contributed by atoms with E-state index < -0.39 is 0 Å². The van der Waals surface area contributed by atoms with E-state index >= 15 is 0 Å². The molecule has 2 heterocycles. The number of hydrogen-bond acceptors (Lipinski definition) is 3. The second-order valence-corrected chi connectivity index (χ2v) is 6.72. The minimum Gasteiger partial charge on any atom is -0.319 e. The summed E-state index contributed by atoms with van der Waals surface area (Å²) in [6, 6.07) is 14.2. The number of aromatic nitrogens is 2. The molecular formula is C21H22N4O. The second kappa shape index (κ2) is 7.14. The summed E-state index contributed by atoms with van der Waals surface area (Å²) in [7, 11) is 0. The molecule has 2 aromatic carbocycles. The van der Waals surface area contributed by atoms with Crippen LogP contribution >= 0.6 is 0 Å². The summed E-state index contributed by atoms with van der Waals surface area (Å²) in [5.74, 6) is -0.0956. The van der Waals surface area contributed by atoms with Crippen LogP contribution in [-0.2, 0) is 19.5 Å². The van der Waals surface area contributed by atoms with Gasteiger partial charge in [-0.05, 0) is 54.3 Å². The minimum absolute atomic E-state index is 0.0956. The first-order chi connectivity index (χ1) is 12.7. The number of nitrogens with one attached hydrogen (secondary N) is 2. The van der Waals surface area contributed by atoms with Crippen LogP contribution in [0.25, 0.3) is 0 Å². The normalized spacial score (nSPS) is 13.3. The molecule has 4 rings (SSSR count). The van der Waals surface area contributed by atoms with Crippen LogP contribution in [0.1, 0.15) is 32.6 Å². The highest BCUT2D eigenvalue weighted by Crippen LogP contribution is 2.17. The van der Waals surface area contributed by atoms with E-state index in [2.05, 4.69) is 34.8 Å². The fourth-order valence-corrected chi connectivity index (χ4v) is 3.30. The molecule has 0 fully saturated rings. The third kappa shape index (κ3) is 3.53. The molecule has 1 amide bonds. The molecule has 0 atom stereocenters. The molecule has 5 nitrogen and oxygen atoms in total.